The van der Waals surface area contributed by atoms with Crippen LogP contribution in [0.1, 0.15) is 23.7 Å². The summed E-state index contributed by atoms with van der Waals surface area (Å²) in [6, 6.07) is 12.4. The normalized spacial score (nSPS) is 12.3. The number of rotatable bonds is 5. The van der Waals surface area contributed by atoms with Gasteiger partial charge in [-0.25, -0.2) is 14.6 Å². The van der Waals surface area contributed by atoms with E-state index >= 15 is 0 Å². The lowest BCUT2D eigenvalue weighted by Crippen LogP contribution is -2.07. The smallest absolute Gasteiger partial charge is 0.223 e. The molecule has 9 heteroatoms. The van der Waals surface area contributed by atoms with Crippen molar-refractivity contribution in [2.24, 2.45) is 0 Å². The Hall–Kier alpha value is -4.11. The number of nitrogens with zero attached hydrogens (tertiary/aromatic N) is 6. The van der Waals surface area contributed by atoms with Gasteiger partial charge in [-0.3, -0.25) is 9.78 Å². The number of anilines is 1. The number of carbonyl (C=O) groups excluding carboxylic acids is 1. The lowest BCUT2D eigenvalue weighted by Gasteiger charge is -2.14. The van der Waals surface area contributed by atoms with Crippen LogP contribution < -0.4 is 5.32 Å². The maximum atomic E-state index is 11.6. The van der Waals surface area contributed by atoms with Crippen molar-refractivity contribution in [1.29, 1.82) is 0 Å². The molecular weight excluding hydrogens is 446 g/mol. The highest BCUT2D eigenvalue weighted by Gasteiger charge is 2.29. The number of carbonyl (C=O) groups is 1. The second-order valence-corrected chi connectivity index (χ2v) is 9.21. The molecule has 0 aliphatic heterocycles. The zero-order valence-electron chi connectivity index (χ0n) is 18.5. The second-order valence-electron chi connectivity index (χ2n) is 8.21. The molecule has 0 radical (unpaired) electrons. The first kappa shape index (κ1) is 20.5. The summed E-state index contributed by atoms with van der Waals surface area (Å²) in [4.78, 5) is 25.8. The van der Waals surface area contributed by atoms with Gasteiger partial charge in [0.05, 0.1) is 34.0 Å². The first-order chi connectivity index (χ1) is 16.7. The number of amides is 1. The average Bonchev–Trinajstić information content (AvgIpc) is 3.58. The van der Waals surface area contributed by atoms with Gasteiger partial charge in [0.15, 0.2) is 5.13 Å². The quantitative estimate of drug-likeness (QED) is 0.415. The van der Waals surface area contributed by atoms with E-state index in [-0.39, 0.29) is 5.91 Å². The molecule has 1 aliphatic carbocycles. The molecule has 5 aromatic rings. The Morgan fingerprint density at radius 2 is 2.00 bits per heavy atom. The van der Waals surface area contributed by atoms with E-state index in [0.717, 1.165) is 52.6 Å². The highest BCUT2D eigenvalue weighted by Crippen LogP contribution is 2.44. The lowest BCUT2D eigenvalue weighted by atomic mass is 9.95. The minimum absolute atomic E-state index is 0.121. The van der Waals surface area contributed by atoms with Crippen molar-refractivity contribution in [3.8, 4) is 27.5 Å². The molecule has 0 bridgehead atoms. The third-order valence-corrected chi connectivity index (χ3v) is 6.85. The SMILES string of the molecule is CC(=O)Nc1nc2c(s1)-c1c(c(-c3cccnc3)nn1-c1ccc(Cn3ccnc3)cc1)CC2. The first-order valence-electron chi connectivity index (χ1n) is 11.0. The number of hydrogen-bond acceptors (Lipinski definition) is 6. The molecule has 1 N–H and O–H groups in total. The van der Waals surface area contributed by atoms with E-state index in [4.69, 9.17) is 5.10 Å². The molecule has 34 heavy (non-hydrogen) atoms. The molecule has 1 amide bonds. The Bertz CT molecular complexity index is 1470. The van der Waals surface area contributed by atoms with Gasteiger partial charge in [0.1, 0.15) is 0 Å². The zero-order valence-corrected chi connectivity index (χ0v) is 19.3. The number of hydrogen-bond donors (Lipinski definition) is 1. The van der Waals surface area contributed by atoms with Crippen LogP contribution in [0.3, 0.4) is 0 Å². The molecule has 0 fully saturated rings. The standard InChI is InChI=1S/C25H21N7OS/c1-16(33)28-25-29-21-9-8-20-22(18-3-2-10-26-13-18)30-32(23(20)24(21)34-25)19-6-4-17(5-7-19)14-31-12-11-27-15-31/h2-7,10-13,15H,8-9,14H2,1H3,(H,28,29,33). The summed E-state index contributed by atoms with van der Waals surface area (Å²) in [5.74, 6) is -0.121. The van der Waals surface area contributed by atoms with Crippen molar-refractivity contribution in [2.45, 2.75) is 26.3 Å². The van der Waals surface area contributed by atoms with Gasteiger partial charge in [0, 0.05) is 49.4 Å². The van der Waals surface area contributed by atoms with Gasteiger partial charge in [-0.15, -0.1) is 0 Å². The van der Waals surface area contributed by atoms with E-state index in [2.05, 4.69) is 44.5 Å². The van der Waals surface area contributed by atoms with E-state index < -0.39 is 0 Å². The summed E-state index contributed by atoms with van der Waals surface area (Å²) in [6.45, 7) is 2.26. The molecule has 6 rings (SSSR count). The summed E-state index contributed by atoms with van der Waals surface area (Å²) < 4.78 is 4.05. The zero-order chi connectivity index (χ0) is 23.1. The first-order valence-corrected chi connectivity index (χ1v) is 11.8. The monoisotopic (exact) mass is 467 g/mol. The molecule has 1 aromatic carbocycles. The lowest BCUT2D eigenvalue weighted by molar-refractivity contribution is -0.114. The van der Waals surface area contributed by atoms with Gasteiger partial charge in [-0.1, -0.05) is 23.5 Å². The Morgan fingerprint density at radius 3 is 2.74 bits per heavy atom. The highest BCUT2D eigenvalue weighted by atomic mass is 32.1. The average molecular weight is 468 g/mol. The number of benzene rings is 1. The molecule has 0 atom stereocenters. The molecule has 4 heterocycles. The molecule has 1 aliphatic rings. The Kier molecular flexibility index (Phi) is 5.03. The van der Waals surface area contributed by atoms with Gasteiger partial charge in [-0.2, -0.15) is 5.10 Å². The van der Waals surface area contributed by atoms with E-state index in [1.807, 2.05) is 40.1 Å². The topological polar surface area (TPSA) is 90.5 Å². The fourth-order valence-corrected chi connectivity index (χ4v) is 5.45. The summed E-state index contributed by atoms with van der Waals surface area (Å²) >= 11 is 1.50. The van der Waals surface area contributed by atoms with E-state index in [1.165, 1.54) is 29.4 Å². The number of aryl methyl sites for hydroxylation is 1. The van der Waals surface area contributed by atoms with Gasteiger partial charge < -0.3 is 9.88 Å². The van der Waals surface area contributed by atoms with Crippen LogP contribution in [0.25, 0.3) is 27.5 Å². The largest absolute Gasteiger partial charge is 0.333 e. The van der Waals surface area contributed by atoms with Gasteiger partial charge in [0.25, 0.3) is 0 Å². The molecular formula is C25H21N7OS. The number of imidazole rings is 1. The van der Waals surface area contributed by atoms with Crippen LogP contribution in [-0.2, 0) is 24.2 Å². The Labute approximate surface area is 200 Å². The predicted octanol–water partition coefficient (Wildman–Crippen LogP) is 4.36. The summed E-state index contributed by atoms with van der Waals surface area (Å²) in [5, 5.41) is 8.52. The fourth-order valence-electron chi connectivity index (χ4n) is 4.33. The Balaban J connectivity index is 1.47. The molecule has 0 spiro atoms. The maximum absolute atomic E-state index is 11.6. The van der Waals surface area contributed by atoms with E-state index in [9.17, 15) is 4.79 Å². The Morgan fingerprint density at radius 1 is 1.12 bits per heavy atom. The van der Waals surface area contributed by atoms with E-state index in [1.54, 1.807) is 12.4 Å². The molecule has 0 saturated carbocycles. The van der Waals surface area contributed by atoms with Gasteiger partial charge in [-0.05, 0) is 42.7 Å². The number of thiazole rings is 1. The number of fused-ring (bicyclic) bond motifs is 3. The molecule has 4 aromatic heterocycles. The van der Waals surface area contributed by atoms with Crippen molar-refractivity contribution in [2.75, 3.05) is 5.32 Å². The predicted molar refractivity (Wildman–Crippen MR) is 131 cm³/mol. The van der Waals surface area contributed by atoms with Crippen LogP contribution in [-0.4, -0.2) is 35.2 Å². The highest BCUT2D eigenvalue weighted by molar-refractivity contribution is 7.19. The molecule has 0 unspecified atom stereocenters. The molecule has 168 valence electrons. The van der Waals surface area contributed by atoms with Crippen molar-refractivity contribution in [3.05, 3.63) is 84.3 Å². The van der Waals surface area contributed by atoms with Crippen molar-refractivity contribution in [3.63, 3.8) is 0 Å². The van der Waals surface area contributed by atoms with Crippen LogP contribution in [0.4, 0.5) is 5.13 Å². The minimum atomic E-state index is -0.121. The fraction of sp³-hybridized carbons (Fsp3) is 0.160. The minimum Gasteiger partial charge on any atom is -0.333 e. The van der Waals surface area contributed by atoms with E-state index in [0.29, 0.717) is 5.13 Å². The second kappa shape index (κ2) is 8.35. The summed E-state index contributed by atoms with van der Waals surface area (Å²) in [6.07, 6.45) is 10.8. The van der Waals surface area contributed by atoms with Crippen LogP contribution in [0.5, 0.6) is 0 Å². The van der Waals surface area contributed by atoms with Crippen molar-refractivity contribution < 1.29 is 4.79 Å². The van der Waals surface area contributed by atoms with Crippen molar-refractivity contribution in [1.82, 2.24) is 29.3 Å². The van der Waals surface area contributed by atoms with Gasteiger partial charge in [0.2, 0.25) is 5.91 Å². The van der Waals surface area contributed by atoms with Crippen LogP contribution >= 0.6 is 11.3 Å². The third kappa shape index (κ3) is 3.69. The van der Waals surface area contributed by atoms with Crippen LogP contribution in [0, 0.1) is 0 Å². The number of nitrogens with one attached hydrogen (secondary N) is 1. The summed E-state index contributed by atoms with van der Waals surface area (Å²) in [7, 11) is 0. The number of pyridine rings is 1. The summed E-state index contributed by atoms with van der Waals surface area (Å²) in [5.41, 5.74) is 7.30. The molecule has 8 nitrogen and oxygen atoms in total. The third-order valence-electron chi connectivity index (χ3n) is 5.83. The number of aromatic nitrogens is 6. The van der Waals surface area contributed by atoms with Gasteiger partial charge >= 0.3 is 0 Å². The van der Waals surface area contributed by atoms with Crippen LogP contribution in [0.15, 0.2) is 67.5 Å². The maximum Gasteiger partial charge on any atom is 0.223 e. The molecule has 0 saturated heterocycles. The van der Waals surface area contributed by atoms with Crippen molar-refractivity contribution >= 4 is 22.4 Å². The van der Waals surface area contributed by atoms with Crippen LogP contribution in [0.2, 0.25) is 0 Å².